The minimum Gasteiger partial charge on any atom is -0.350 e. The molecule has 0 bridgehead atoms. The van der Waals surface area contributed by atoms with Crippen molar-refractivity contribution in [2.45, 2.75) is 52.0 Å². The van der Waals surface area contributed by atoms with Crippen molar-refractivity contribution in [2.75, 3.05) is 19.6 Å². The number of para-hydroxylation sites is 1. The fourth-order valence-corrected chi connectivity index (χ4v) is 4.33. The molecule has 0 spiro atoms. The van der Waals surface area contributed by atoms with Crippen LogP contribution in [0.25, 0.3) is 22.3 Å². The average molecular weight is 417 g/mol. The number of hydrogen-bond donors (Lipinski definition) is 1. The van der Waals surface area contributed by atoms with E-state index in [9.17, 15) is 4.79 Å². The lowest BCUT2D eigenvalue weighted by atomic mass is 10.0. The zero-order chi connectivity index (χ0) is 21.6. The molecule has 1 saturated heterocycles. The number of aromatic nitrogens is 2. The molecule has 1 aromatic carbocycles. The van der Waals surface area contributed by atoms with Crippen molar-refractivity contribution in [1.29, 1.82) is 0 Å². The van der Waals surface area contributed by atoms with E-state index >= 15 is 0 Å². The molecule has 0 radical (unpaired) electrons. The van der Waals surface area contributed by atoms with Crippen LogP contribution in [0.2, 0.25) is 0 Å². The zero-order valence-corrected chi connectivity index (χ0v) is 18.6. The Morgan fingerprint density at radius 3 is 2.61 bits per heavy atom. The third kappa shape index (κ3) is 5.28. The van der Waals surface area contributed by atoms with E-state index in [1.165, 1.54) is 38.8 Å². The van der Waals surface area contributed by atoms with Crippen molar-refractivity contribution in [3.8, 4) is 11.4 Å². The van der Waals surface area contributed by atoms with Crippen molar-refractivity contribution in [1.82, 2.24) is 20.2 Å². The van der Waals surface area contributed by atoms with Crippen LogP contribution in [0, 0.1) is 6.92 Å². The Balaban J connectivity index is 1.54. The second-order valence-electron chi connectivity index (χ2n) is 8.66. The molecule has 0 aliphatic carbocycles. The summed E-state index contributed by atoms with van der Waals surface area (Å²) in [5.41, 5.74) is 4.07. The van der Waals surface area contributed by atoms with Gasteiger partial charge in [-0.05, 0) is 70.0 Å². The molecule has 5 heteroatoms. The fraction of sp³-hybridized carbons (Fsp3) is 0.423. The van der Waals surface area contributed by atoms with Gasteiger partial charge in [0.1, 0.15) is 0 Å². The van der Waals surface area contributed by atoms with Crippen LogP contribution < -0.4 is 5.32 Å². The van der Waals surface area contributed by atoms with Crippen molar-refractivity contribution in [2.24, 2.45) is 0 Å². The molecule has 2 aromatic heterocycles. The van der Waals surface area contributed by atoms with Gasteiger partial charge >= 0.3 is 0 Å². The first-order chi connectivity index (χ1) is 15.1. The summed E-state index contributed by atoms with van der Waals surface area (Å²) in [4.78, 5) is 25.1. The molecule has 0 saturated carbocycles. The van der Waals surface area contributed by atoms with Gasteiger partial charge in [0.2, 0.25) is 0 Å². The lowest BCUT2D eigenvalue weighted by Gasteiger charge is -2.22. The largest absolute Gasteiger partial charge is 0.350 e. The molecular weight excluding hydrogens is 384 g/mol. The van der Waals surface area contributed by atoms with Crippen molar-refractivity contribution < 1.29 is 4.79 Å². The molecule has 31 heavy (non-hydrogen) atoms. The summed E-state index contributed by atoms with van der Waals surface area (Å²) in [7, 11) is 0. The van der Waals surface area contributed by atoms with E-state index in [1.807, 2.05) is 49.4 Å². The number of likely N-dealkylation sites (tertiary alicyclic amines) is 1. The molecule has 1 atom stereocenters. The molecule has 1 aliphatic heterocycles. The van der Waals surface area contributed by atoms with Crippen LogP contribution in [0.5, 0.6) is 0 Å². The highest BCUT2D eigenvalue weighted by molar-refractivity contribution is 6.07. The molecule has 5 nitrogen and oxygen atoms in total. The average Bonchev–Trinajstić information content (AvgIpc) is 3.07. The summed E-state index contributed by atoms with van der Waals surface area (Å²) in [6.45, 7) is 7.54. The highest BCUT2D eigenvalue weighted by atomic mass is 16.1. The normalized spacial score (nSPS) is 16.1. The van der Waals surface area contributed by atoms with Gasteiger partial charge in [-0.1, -0.05) is 37.1 Å². The number of hydrogen-bond acceptors (Lipinski definition) is 4. The maximum absolute atomic E-state index is 13.3. The van der Waals surface area contributed by atoms with E-state index in [1.54, 1.807) is 6.20 Å². The summed E-state index contributed by atoms with van der Waals surface area (Å²) in [6.07, 6.45) is 7.98. The van der Waals surface area contributed by atoms with Crippen molar-refractivity contribution >= 4 is 16.8 Å². The summed E-state index contributed by atoms with van der Waals surface area (Å²) in [6, 6.07) is 13.7. The second-order valence-corrected chi connectivity index (χ2v) is 8.66. The van der Waals surface area contributed by atoms with Gasteiger partial charge in [0.05, 0.1) is 22.5 Å². The van der Waals surface area contributed by atoms with E-state index in [-0.39, 0.29) is 11.9 Å². The van der Waals surface area contributed by atoms with Gasteiger partial charge in [-0.2, -0.15) is 0 Å². The highest BCUT2D eigenvalue weighted by Gasteiger charge is 2.18. The smallest absolute Gasteiger partial charge is 0.252 e. The number of nitrogens with one attached hydrogen (secondary N) is 1. The van der Waals surface area contributed by atoms with Crippen LogP contribution in [0.15, 0.2) is 48.7 Å². The topological polar surface area (TPSA) is 58.1 Å². The Hall–Kier alpha value is -2.79. The predicted octanol–water partition coefficient (Wildman–Crippen LogP) is 4.99. The Labute approximate surface area is 184 Å². The molecule has 3 aromatic rings. The minimum atomic E-state index is -0.0430. The first-order valence-electron chi connectivity index (χ1n) is 11.5. The number of nitrogens with zero attached hydrogens (tertiary/aromatic N) is 3. The van der Waals surface area contributed by atoms with Gasteiger partial charge in [-0.3, -0.25) is 9.78 Å². The molecule has 1 aliphatic rings. The van der Waals surface area contributed by atoms with Crippen LogP contribution >= 0.6 is 0 Å². The first-order valence-corrected chi connectivity index (χ1v) is 11.5. The Morgan fingerprint density at radius 1 is 1.06 bits per heavy atom. The number of fused-ring (bicyclic) bond motifs is 1. The summed E-state index contributed by atoms with van der Waals surface area (Å²) < 4.78 is 0. The van der Waals surface area contributed by atoms with Gasteiger partial charge in [0, 0.05) is 24.2 Å². The monoisotopic (exact) mass is 416 g/mol. The van der Waals surface area contributed by atoms with E-state index in [2.05, 4.69) is 22.1 Å². The molecule has 1 fully saturated rings. The van der Waals surface area contributed by atoms with Crippen molar-refractivity contribution in [3.63, 3.8) is 0 Å². The summed E-state index contributed by atoms with van der Waals surface area (Å²) in [5.74, 6) is -0.0430. The van der Waals surface area contributed by atoms with E-state index in [0.717, 1.165) is 40.8 Å². The van der Waals surface area contributed by atoms with E-state index in [0.29, 0.717) is 5.56 Å². The van der Waals surface area contributed by atoms with Gasteiger partial charge in [0.15, 0.2) is 0 Å². The SMILES string of the molecule is Cc1cccc2c(C(=O)N[C@@H](C)CCN3CCCCCC3)cc(-c3ccccn3)nc12. The van der Waals surface area contributed by atoms with E-state index in [4.69, 9.17) is 4.98 Å². The number of rotatable bonds is 6. The van der Waals surface area contributed by atoms with Crippen LogP contribution in [0.4, 0.5) is 0 Å². The number of aryl methyl sites for hydroxylation is 1. The Bertz CT molecular complexity index is 1030. The van der Waals surface area contributed by atoms with Crippen LogP contribution in [-0.2, 0) is 0 Å². The lowest BCUT2D eigenvalue weighted by Crippen LogP contribution is -2.36. The van der Waals surface area contributed by atoms with Crippen LogP contribution in [0.1, 0.15) is 54.9 Å². The summed E-state index contributed by atoms with van der Waals surface area (Å²) in [5, 5.41) is 4.11. The number of pyridine rings is 2. The zero-order valence-electron chi connectivity index (χ0n) is 18.6. The highest BCUT2D eigenvalue weighted by Crippen LogP contribution is 2.26. The van der Waals surface area contributed by atoms with Gasteiger partial charge in [-0.15, -0.1) is 0 Å². The standard InChI is InChI=1S/C26H32N4O/c1-19-10-9-11-21-22(18-24(29-25(19)21)23-12-5-6-14-27-23)26(31)28-20(2)13-17-30-15-7-3-4-8-16-30/h5-6,9-12,14,18,20H,3-4,7-8,13,15-17H2,1-2H3,(H,28,31)/t20-/m0/s1. The molecular formula is C26H32N4O. The quantitative estimate of drug-likeness (QED) is 0.615. The molecule has 0 unspecified atom stereocenters. The second kappa shape index (κ2) is 10.0. The van der Waals surface area contributed by atoms with Gasteiger partial charge in [-0.25, -0.2) is 4.98 Å². The molecule has 1 amide bonds. The lowest BCUT2D eigenvalue weighted by molar-refractivity contribution is 0.0937. The third-order valence-electron chi connectivity index (χ3n) is 6.17. The maximum Gasteiger partial charge on any atom is 0.252 e. The Kier molecular flexibility index (Phi) is 6.92. The molecule has 4 rings (SSSR count). The predicted molar refractivity (Wildman–Crippen MR) is 126 cm³/mol. The van der Waals surface area contributed by atoms with Crippen LogP contribution in [0.3, 0.4) is 0 Å². The van der Waals surface area contributed by atoms with Gasteiger partial charge < -0.3 is 10.2 Å². The molecule has 3 heterocycles. The maximum atomic E-state index is 13.3. The first kappa shape index (κ1) is 21.4. The number of carbonyl (C=O) groups excluding carboxylic acids is 1. The minimum absolute atomic E-state index is 0.0430. The Morgan fingerprint density at radius 2 is 1.87 bits per heavy atom. The van der Waals surface area contributed by atoms with Crippen LogP contribution in [-0.4, -0.2) is 46.5 Å². The number of amides is 1. The molecule has 1 N–H and O–H groups in total. The number of carbonyl (C=O) groups is 1. The molecule has 162 valence electrons. The number of benzene rings is 1. The summed E-state index contributed by atoms with van der Waals surface area (Å²) >= 11 is 0. The fourth-order valence-electron chi connectivity index (χ4n) is 4.33. The van der Waals surface area contributed by atoms with Gasteiger partial charge in [0.25, 0.3) is 5.91 Å². The van der Waals surface area contributed by atoms with E-state index < -0.39 is 0 Å². The third-order valence-corrected chi connectivity index (χ3v) is 6.17. The van der Waals surface area contributed by atoms with Crippen molar-refractivity contribution in [3.05, 3.63) is 59.8 Å².